The molecule has 0 aliphatic heterocycles. The molecule has 0 amide bonds. The molecule has 0 saturated heterocycles. The summed E-state index contributed by atoms with van der Waals surface area (Å²) in [4.78, 5) is 4.20. The number of hydrogen-bond donors (Lipinski definition) is 0. The highest BCUT2D eigenvalue weighted by Crippen LogP contribution is 2.34. The largest absolute Gasteiger partial charge is 0.491 e. The van der Waals surface area contributed by atoms with Crippen LogP contribution in [0.5, 0.6) is 5.75 Å². The Labute approximate surface area is 132 Å². The molecule has 4 nitrogen and oxygen atoms in total. The first-order chi connectivity index (χ1) is 9.95. The summed E-state index contributed by atoms with van der Waals surface area (Å²) in [5.74, 6) is 1.10. The van der Waals surface area contributed by atoms with Gasteiger partial charge in [0.2, 0.25) is 0 Å². The number of ether oxygens (including phenoxy) is 1. The summed E-state index contributed by atoms with van der Waals surface area (Å²) in [6.07, 6.45) is 3.57. The van der Waals surface area contributed by atoms with Crippen LogP contribution in [0.3, 0.4) is 0 Å². The van der Waals surface area contributed by atoms with Crippen LogP contribution in [0, 0.1) is 5.92 Å². The predicted molar refractivity (Wildman–Crippen MR) is 82.6 cm³/mol. The van der Waals surface area contributed by atoms with Crippen molar-refractivity contribution in [1.29, 1.82) is 0 Å². The van der Waals surface area contributed by atoms with Crippen molar-refractivity contribution in [2.24, 2.45) is 5.92 Å². The minimum Gasteiger partial charge on any atom is -0.491 e. The number of benzene rings is 1. The van der Waals surface area contributed by atoms with Gasteiger partial charge in [-0.3, -0.25) is 0 Å². The first kappa shape index (κ1) is 14.9. The highest BCUT2D eigenvalue weighted by molar-refractivity contribution is 8.14. The SMILES string of the molecule is O=S(=O)(Cl)c1ccc(OCC2CCC2)c2nc(Cl)ccc12. The van der Waals surface area contributed by atoms with Crippen LogP contribution in [0.1, 0.15) is 19.3 Å². The second-order valence-electron chi connectivity index (χ2n) is 5.14. The highest BCUT2D eigenvalue weighted by atomic mass is 35.7. The summed E-state index contributed by atoms with van der Waals surface area (Å²) in [6.45, 7) is 0.607. The van der Waals surface area contributed by atoms with E-state index in [1.807, 2.05) is 0 Å². The average Bonchev–Trinajstić information content (AvgIpc) is 2.35. The van der Waals surface area contributed by atoms with Gasteiger partial charge in [0, 0.05) is 16.1 Å². The van der Waals surface area contributed by atoms with Crippen molar-refractivity contribution in [3.63, 3.8) is 0 Å². The quantitative estimate of drug-likeness (QED) is 0.620. The van der Waals surface area contributed by atoms with Gasteiger partial charge in [-0.25, -0.2) is 13.4 Å². The first-order valence-corrected chi connectivity index (χ1v) is 9.30. The molecule has 0 spiro atoms. The fraction of sp³-hybridized carbons (Fsp3) is 0.357. The third-order valence-corrected chi connectivity index (χ3v) is 5.30. The predicted octanol–water partition coefficient (Wildman–Crippen LogP) is 3.99. The number of fused-ring (bicyclic) bond motifs is 1. The van der Waals surface area contributed by atoms with Crippen LogP contribution in [-0.4, -0.2) is 20.0 Å². The first-order valence-electron chi connectivity index (χ1n) is 6.62. The Balaban J connectivity index is 2.06. The summed E-state index contributed by atoms with van der Waals surface area (Å²) in [5.41, 5.74) is 0.420. The smallest absolute Gasteiger partial charge is 0.261 e. The number of aromatic nitrogens is 1. The second kappa shape index (κ2) is 5.63. The van der Waals surface area contributed by atoms with E-state index in [0.717, 1.165) is 0 Å². The van der Waals surface area contributed by atoms with Crippen LogP contribution in [0.2, 0.25) is 5.15 Å². The molecular formula is C14H13Cl2NO3S. The van der Waals surface area contributed by atoms with E-state index in [1.54, 1.807) is 12.1 Å². The minimum absolute atomic E-state index is 0.0133. The zero-order valence-corrected chi connectivity index (χ0v) is 13.4. The second-order valence-corrected chi connectivity index (χ2v) is 8.06. The van der Waals surface area contributed by atoms with Crippen LogP contribution in [-0.2, 0) is 9.05 Å². The third-order valence-electron chi connectivity index (χ3n) is 3.71. The van der Waals surface area contributed by atoms with Crippen molar-refractivity contribution in [2.45, 2.75) is 24.2 Å². The van der Waals surface area contributed by atoms with Crippen molar-refractivity contribution in [1.82, 2.24) is 4.98 Å². The van der Waals surface area contributed by atoms with E-state index in [9.17, 15) is 8.42 Å². The molecule has 3 rings (SSSR count). The molecular weight excluding hydrogens is 333 g/mol. The van der Waals surface area contributed by atoms with Crippen molar-refractivity contribution >= 4 is 42.2 Å². The molecule has 2 aromatic rings. The standard InChI is InChI=1S/C14H13Cl2NO3S/c15-13-7-4-10-12(21(16,18)19)6-5-11(14(10)17-13)20-8-9-2-1-3-9/h4-7,9H,1-3,8H2. The van der Waals surface area contributed by atoms with Gasteiger partial charge in [-0.15, -0.1) is 0 Å². The van der Waals surface area contributed by atoms with Crippen LogP contribution in [0.25, 0.3) is 10.9 Å². The van der Waals surface area contributed by atoms with Crippen molar-refractivity contribution < 1.29 is 13.2 Å². The van der Waals surface area contributed by atoms with E-state index >= 15 is 0 Å². The molecule has 21 heavy (non-hydrogen) atoms. The normalized spacial score (nSPS) is 15.9. The molecule has 1 aromatic carbocycles. The molecule has 1 fully saturated rings. The summed E-state index contributed by atoms with van der Waals surface area (Å²) < 4.78 is 29.0. The molecule has 1 aromatic heterocycles. The van der Waals surface area contributed by atoms with Gasteiger partial charge >= 0.3 is 0 Å². The van der Waals surface area contributed by atoms with Gasteiger partial charge in [0.1, 0.15) is 16.4 Å². The van der Waals surface area contributed by atoms with Gasteiger partial charge in [0.05, 0.1) is 11.5 Å². The topological polar surface area (TPSA) is 56.3 Å². The fourth-order valence-electron chi connectivity index (χ4n) is 2.34. The molecule has 0 radical (unpaired) electrons. The number of nitrogens with zero attached hydrogens (tertiary/aromatic N) is 1. The average molecular weight is 346 g/mol. The van der Waals surface area contributed by atoms with Gasteiger partial charge in [-0.1, -0.05) is 18.0 Å². The number of pyridine rings is 1. The summed E-state index contributed by atoms with van der Waals surface area (Å²) >= 11 is 5.91. The Hall–Kier alpha value is -1.04. The molecule has 0 bridgehead atoms. The maximum absolute atomic E-state index is 11.6. The summed E-state index contributed by atoms with van der Waals surface area (Å²) in [5, 5.41) is 0.695. The molecule has 7 heteroatoms. The Morgan fingerprint density at radius 3 is 2.62 bits per heavy atom. The Morgan fingerprint density at radius 1 is 1.24 bits per heavy atom. The van der Waals surface area contributed by atoms with Gasteiger partial charge < -0.3 is 4.74 Å². The Morgan fingerprint density at radius 2 is 2.00 bits per heavy atom. The monoisotopic (exact) mass is 345 g/mol. The molecule has 0 unspecified atom stereocenters. The zero-order chi connectivity index (χ0) is 15.0. The fourth-order valence-corrected chi connectivity index (χ4v) is 3.55. The van der Waals surface area contributed by atoms with E-state index in [0.29, 0.717) is 29.2 Å². The molecule has 0 atom stereocenters. The van der Waals surface area contributed by atoms with Crippen LogP contribution < -0.4 is 4.74 Å². The van der Waals surface area contributed by atoms with Crippen LogP contribution in [0.15, 0.2) is 29.2 Å². The lowest BCUT2D eigenvalue weighted by Gasteiger charge is -2.25. The molecule has 1 aliphatic carbocycles. The summed E-state index contributed by atoms with van der Waals surface area (Å²) in [7, 11) is 1.61. The third kappa shape index (κ3) is 3.10. The van der Waals surface area contributed by atoms with Crippen molar-refractivity contribution in [2.75, 3.05) is 6.61 Å². The van der Waals surface area contributed by atoms with E-state index in [2.05, 4.69) is 4.98 Å². The van der Waals surface area contributed by atoms with Crippen LogP contribution >= 0.6 is 22.3 Å². The van der Waals surface area contributed by atoms with Gasteiger partial charge in [0.15, 0.2) is 0 Å². The maximum Gasteiger partial charge on any atom is 0.261 e. The lowest BCUT2D eigenvalue weighted by Crippen LogP contribution is -2.19. The van der Waals surface area contributed by atoms with Gasteiger partial charge in [0.25, 0.3) is 9.05 Å². The molecule has 1 saturated carbocycles. The van der Waals surface area contributed by atoms with Crippen molar-refractivity contribution in [3.8, 4) is 5.75 Å². The number of halogens is 2. The summed E-state index contributed by atoms with van der Waals surface area (Å²) in [6, 6.07) is 6.15. The van der Waals surface area contributed by atoms with E-state index in [4.69, 9.17) is 27.0 Å². The van der Waals surface area contributed by atoms with E-state index < -0.39 is 9.05 Å². The van der Waals surface area contributed by atoms with Crippen molar-refractivity contribution in [3.05, 3.63) is 29.4 Å². The number of rotatable bonds is 4. The zero-order valence-electron chi connectivity index (χ0n) is 11.1. The maximum atomic E-state index is 11.6. The van der Waals surface area contributed by atoms with E-state index in [-0.39, 0.29) is 10.0 Å². The molecule has 112 valence electrons. The van der Waals surface area contributed by atoms with Gasteiger partial charge in [-0.05, 0) is 43.0 Å². The Bertz CT molecular complexity index is 788. The van der Waals surface area contributed by atoms with E-state index in [1.165, 1.54) is 31.4 Å². The lowest BCUT2D eigenvalue weighted by molar-refractivity contribution is 0.182. The van der Waals surface area contributed by atoms with Crippen LogP contribution in [0.4, 0.5) is 0 Å². The molecule has 1 heterocycles. The Kier molecular flexibility index (Phi) is 3.99. The van der Waals surface area contributed by atoms with Gasteiger partial charge in [-0.2, -0.15) is 0 Å². The minimum atomic E-state index is -3.85. The highest BCUT2D eigenvalue weighted by Gasteiger charge is 2.21. The molecule has 1 aliphatic rings. The molecule has 0 N–H and O–H groups in total. The number of hydrogen-bond acceptors (Lipinski definition) is 4. The lowest BCUT2D eigenvalue weighted by atomic mass is 9.86.